The van der Waals surface area contributed by atoms with E-state index in [0.717, 1.165) is 6.42 Å². The predicted molar refractivity (Wildman–Crippen MR) is 119 cm³/mol. The highest BCUT2D eigenvalue weighted by atomic mass is 14.2. The molecular formula is C26H28. The molecule has 5 rings (SSSR count). The van der Waals surface area contributed by atoms with Gasteiger partial charge in [0.05, 0.1) is 0 Å². The fourth-order valence-electron chi connectivity index (χ4n) is 4.06. The molecule has 0 spiro atoms. The zero-order valence-corrected chi connectivity index (χ0v) is 16.6. The van der Waals surface area contributed by atoms with Gasteiger partial charge in [-0.25, -0.2) is 0 Å². The summed E-state index contributed by atoms with van der Waals surface area (Å²) in [6, 6.07) is 20.2. The summed E-state index contributed by atoms with van der Waals surface area (Å²) in [4.78, 5) is 0. The molecule has 0 heteroatoms. The van der Waals surface area contributed by atoms with Gasteiger partial charge in [0.25, 0.3) is 0 Å². The van der Waals surface area contributed by atoms with Crippen LogP contribution in [-0.4, -0.2) is 0 Å². The Morgan fingerprint density at radius 2 is 1.35 bits per heavy atom. The van der Waals surface area contributed by atoms with Crippen LogP contribution in [0.4, 0.5) is 0 Å². The van der Waals surface area contributed by atoms with E-state index >= 15 is 0 Å². The molecule has 0 radical (unpaired) electrons. The van der Waals surface area contributed by atoms with Gasteiger partial charge in [-0.2, -0.15) is 0 Å². The van der Waals surface area contributed by atoms with Crippen molar-refractivity contribution in [3.63, 3.8) is 0 Å². The average molecular weight is 341 g/mol. The van der Waals surface area contributed by atoms with Crippen LogP contribution < -0.4 is 0 Å². The van der Waals surface area contributed by atoms with Crippen LogP contribution in [0.25, 0.3) is 38.4 Å². The largest absolute Gasteiger partial charge is 0.0871 e. The SMILES string of the molecule is C/C=C\c1ccc2ccc3cc4ccccc4c4c3c2c1C4.CC.CC. The molecule has 0 saturated heterocycles. The van der Waals surface area contributed by atoms with Crippen molar-refractivity contribution >= 4 is 38.4 Å². The van der Waals surface area contributed by atoms with Gasteiger partial charge in [-0.3, -0.25) is 0 Å². The zero-order chi connectivity index (χ0) is 18.7. The second kappa shape index (κ2) is 7.74. The first-order chi connectivity index (χ1) is 12.9. The fraction of sp³-hybridized carbons (Fsp3) is 0.231. The highest BCUT2D eigenvalue weighted by Crippen LogP contribution is 2.43. The maximum absolute atomic E-state index is 2.34. The third-order valence-corrected chi connectivity index (χ3v) is 4.96. The van der Waals surface area contributed by atoms with E-state index in [0.29, 0.717) is 0 Å². The van der Waals surface area contributed by atoms with Gasteiger partial charge in [-0.15, -0.1) is 0 Å². The van der Waals surface area contributed by atoms with Gasteiger partial charge in [0.2, 0.25) is 0 Å². The van der Waals surface area contributed by atoms with E-state index in [2.05, 4.69) is 73.7 Å². The molecule has 26 heavy (non-hydrogen) atoms. The van der Waals surface area contributed by atoms with E-state index in [9.17, 15) is 0 Å². The van der Waals surface area contributed by atoms with Crippen molar-refractivity contribution in [1.82, 2.24) is 0 Å². The number of rotatable bonds is 1. The van der Waals surface area contributed by atoms with E-state index in [1.165, 1.54) is 49.0 Å². The highest BCUT2D eigenvalue weighted by Gasteiger charge is 2.21. The van der Waals surface area contributed by atoms with Crippen molar-refractivity contribution in [3.8, 4) is 0 Å². The van der Waals surface area contributed by atoms with Gasteiger partial charge < -0.3 is 0 Å². The number of benzene rings is 4. The molecule has 4 aromatic rings. The van der Waals surface area contributed by atoms with Gasteiger partial charge in [-0.1, -0.05) is 88.4 Å². The normalized spacial score (nSPS) is 11.7. The summed E-state index contributed by atoms with van der Waals surface area (Å²) < 4.78 is 0. The predicted octanol–water partition coefficient (Wildman–Crippen LogP) is 8.14. The first-order valence-electron chi connectivity index (χ1n) is 9.88. The van der Waals surface area contributed by atoms with Crippen LogP contribution in [0.15, 0.2) is 60.7 Å². The molecule has 0 amide bonds. The van der Waals surface area contributed by atoms with Crippen molar-refractivity contribution in [2.45, 2.75) is 41.0 Å². The molecule has 0 atom stereocenters. The summed E-state index contributed by atoms with van der Waals surface area (Å²) in [5.41, 5.74) is 4.36. The second-order valence-electron chi connectivity index (χ2n) is 6.15. The van der Waals surface area contributed by atoms with E-state index < -0.39 is 0 Å². The van der Waals surface area contributed by atoms with Gasteiger partial charge >= 0.3 is 0 Å². The van der Waals surface area contributed by atoms with E-state index in [1.807, 2.05) is 27.7 Å². The Morgan fingerprint density at radius 3 is 2.12 bits per heavy atom. The van der Waals surface area contributed by atoms with Crippen LogP contribution in [0.1, 0.15) is 51.3 Å². The summed E-state index contributed by atoms with van der Waals surface area (Å²) in [5, 5.41) is 8.43. The summed E-state index contributed by atoms with van der Waals surface area (Å²) in [5.74, 6) is 0. The molecule has 0 nitrogen and oxygen atoms in total. The third kappa shape index (κ3) is 2.70. The zero-order valence-electron chi connectivity index (χ0n) is 16.6. The Kier molecular flexibility index (Phi) is 5.42. The minimum absolute atomic E-state index is 1.05. The molecule has 132 valence electrons. The maximum Gasteiger partial charge on any atom is -0.0000890 e. The summed E-state index contributed by atoms with van der Waals surface area (Å²) in [6.45, 7) is 10.1. The Hall–Kier alpha value is -2.60. The topological polar surface area (TPSA) is 0 Å². The molecule has 0 aliphatic heterocycles. The first kappa shape index (κ1) is 18.2. The summed E-state index contributed by atoms with van der Waals surface area (Å²) in [6.07, 6.45) is 5.43. The van der Waals surface area contributed by atoms with Gasteiger partial charge in [0.1, 0.15) is 0 Å². The molecule has 1 aliphatic carbocycles. The quantitative estimate of drug-likeness (QED) is 0.213. The van der Waals surface area contributed by atoms with Crippen LogP contribution >= 0.6 is 0 Å². The molecule has 0 heterocycles. The lowest BCUT2D eigenvalue weighted by Crippen LogP contribution is -1.87. The van der Waals surface area contributed by atoms with Crippen LogP contribution in [0.2, 0.25) is 0 Å². The average Bonchev–Trinajstić information content (AvgIpc) is 3.13. The Bertz CT molecular complexity index is 1100. The van der Waals surface area contributed by atoms with Crippen LogP contribution in [0.5, 0.6) is 0 Å². The molecule has 1 aliphatic rings. The minimum Gasteiger partial charge on any atom is -0.0871 e. The lowest BCUT2D eigenvalue weighted by Gasteiger charge is -2.07. The van der Waals surface area contributed by atoms with E-state index in [1.54, 1.807) is 0 Å². The van der Waals surface area contributed by atoms with Crippen molar-refractivity contribution < 1.29 is 0 Å². The van der Waals surface area contributed by atoms with Crippen molar-refractivity contribution in [2.75, 3.05) is 0 Å². The molecule has 0 bridgehead atoms. The minimum atomic E-state index is 1.05. The van der Waals surface area contributed by atoms with Crippen molar-refractivity contribution in [1.29, 1.82) is 0 Å². The summed E-state index contributed by atoms with van der Waals surface area (Å²) in [7, 11) is 0. The van der Waals surface area contributed by atoms with Crippen LogP contribution in [-0.2, 0) is 6.42 Å². The standard InChI is InChI=1S/C22H16.2C2H6/c1-2-5-14-8-9-15-10-11-17-12-16-6-3-4-7-18(16)20-13-19(14)21(15)22(17)20;2*1-2/h2-12H,13H2,1H3;2*1-2H3/b5-2-;;. The molecule has 0 fully saturated rings. The second-order valence-corrected chi connectivity index (χ2v) is 6.15. The lowest BCUT2D eigenvalue weighted by molar-refractivity contribution is 1.28. The van der Waals surface area contributed by atoms with Crippen molar-refractivity contribution in [3.05, 3.63) is 77.4 Å². The third-order valence-electron chi connectivity index (χ3n) is 4.96. The molecule has 4 aromatic carbocycles. The van der Waals surface area contributed by atoms with Gasteiger partial charge in [-0.05, 0) is 68.4 Å². The smallest absolute Gasteiger partial charge is 0.0000890 e. The molecular weight excluding hydrogens is 312 g/mol. The van der Waals surface area contributed by atoms with Gasteiger partial charge in [0.15, 0.2) is 0 Å². The molecule has 0 saturated carbocycles. The van der Waals surface area contributed by atoms with E-state index in [4.69, 9.17) is 0 Å². The molecule has 0 unspecified atom stereocenters. The Labute approximate surface area is 157 Å². The lowest BCUT2D eigenvalue weighted by atomic mass is 9.97. The highest BCUT2D eigenvalue weighted by molar-refractivity contribution is 6.19. The summed E-state index contributed by atoms with van der Waals surface area (Å²) >= 11 is 0. The number of allylic oxidation sites excluding steroid dienone is 1. The Morgan fingerprint density at radius 1 is 0.692 bits per heavy atom. The van der Waals surface area contributed by atoms with Gasteiger partial charge in [0, 0.05) is 0 Å². The first-order valence-corrected chi connectivity index (χ1v) is 9.88. The van der Waals surface area contributed by atoms with E-state index in [-0.39, 0.29) is 0 Å². The van der Waals surface area contributed by atoms with Crippen LogP contribution in [0, 0.1) is 0 Å². The number of hydrogen-bond acceptors (Lipinski definition) is 0. The maximum atomic E-state index is 2.34. The molecule has 0 N–H and O–H groups in total. The van der Waals surface area contributed by atoms with Crippen molar-refractivity contribution in [2.24, 2.45) is 0 Å². The molecule has 0 aromatic heterocycles. The number of hydrogen-bond donors (Lipinski definition) is 0. The number of fused-ring (bicyclic) bond motifs is 2. The fourth-order valence-corrected chi connectivity index (χ4v) is 4.06. The Balaban J connectivity index is 0.000000461. The monoisotopic (exact) mass is 340 g/mol. The van der Waals surface area contributed by atoms with Crippen LogP contribution in [0.3, 0.4) is 0 Å².